The first-order chi connectivity index (χ1) is 27.8. The van der Waals surface area contributed by atoms with E-state index in [1.54, 1.807) is 75.4 Å². The molecule has 310 valence electrons. The van der Waals surface area contributed by atoms with Gasteiger partial charge in [-0.05, 0) is 88.4 Å². The molecular weight excluding hydrogens is 773 g/mol. The van der Waals surface area contributed by atoms with Gasteiger partial charge in [0.15, 0.2) is 17.3 Å². The normalized spacial score (nSPS) is 12.9. The highest BCUT2D eigenvalue weighted by Gasteiger charge is 2.28. The molecule has 4 aromatic rings. The van der Waals surface area contributed by atoms with E-state index in [9.17, 15) is 22.8 Å². The van der Waals surface area contributed by atoms with Gasteiger partial charge in [-0.2, -0.15) is 4.72 Å². The van der Waals surface area contributed by atoms with E-state index < -0.39 is 33.4 Å². The van der Waals surface area contributed by atoms with Gasteiger partial charge in [-0.1, -0.05) is 17.7 Å². The summed E-state index contributed by atoms with van der Waals surface area (Å²) >= 11 is 0. The number of allylic oxidation sites excluding steroid dienone is 1. The molecule has 0 radical (unpaired) electrons. The van der Waals surface area contributed by atoms with Crippen LogP contribution in [0.2, 0.25) is 0 Å². The van der Waals surface area contributed by atoms with Crippen molar-refractivity contribution in [2.24, 2.45) is 0 Å². The average Bonchev–Trinajstić information content (AvgIpc) is 3.23. The molecule has 0 bridgehead atoms. The standard InChI is InChI=1S/C42H48N2O13S/c1-9-33-37(36(53-8)23-27(4)50-5)38(45)40(39(57-33)29-15-20-34(51-6)35(24-29)52-7)56-22-21-55-30-16-13-28(14-17-30)41(46)43-25-32(42(47)54-10-2)44-58(48,49)31-18-11-26(3)12-19-31/h9,11-20,23-24,32,44H,10,21-22,25H2,1-8H3,(H,43,46)/b27-23+,33-9+,37-36-. The van der Waals surface area contributed by atoms with E-state index in [4.69, 9.17) is 37.6 Å². The van der Waals surface area contributed by atoms with Crippen LogP contribution in [-0.2, 0) is 29.0 Å². The van der Waals surface area contributed by atoms with Gasteiger partial charge in [-0.3, -0.25) is 14.4 Å². The van der Waals surface area contributed by atoms with Crippen molar-refractivity contribution < 1.29 is 55.6 Å². The summed E-state index contributed by atoms with van der Waals surface area (Å²) in [5, 5.41) is 2.70. The topological polar surface area (TPSA) is 187 Å². The highest BCUT2D eigenvalue weighted by Crippen LogP contribution is 2.34. The summed E-state index contributed by atoms with van der Waals surface area (Å²) in [6.45, 7) is 6.37. The van der Waals surface area contributed by atoms with Crippen molar-refractivity contribution in [3.05, 3.63) is 111 Å². The molecule has 3 aromatic carbocycles. The number of sulfonamides is 1. The van der Waals surface area contributed by atoms with Gasteiger partial charge in [0.05, 0.1) is 45.7 Å². The molecule has 0 fully saturated rings. The van der Waals surface area contributed by atoms with Crippen LogP contribution in [0, 0.1) is 6.92 Å². The minimum atomic E-state index is -4.10. The van der Waals surface area contributed by atoms with Gasteiger partial charge >= 0.3 is 5.97 Å². The van der Waals surface area contributed by atoms with Gasteiger partial charge in [-0.15, -0.1) is 0 Å². The summed E-state index contributed by atoms with van der Waals surface area (Å²) in [5.74, 6) is 0.568. The molecule has 2 N–H and O–H groups in total. The third-order valence-corrected chi connectivity index (χ3v) is 10.00. The molecule has 0 aliphatic rings. The summed E-state index contributed by atoms with van der Waals surface area (Å²) in [5.41, 5.74) is 1.28. The van der Waals surface area contributed by atoms with E-state index in [1.807, 2.05) is 6.92 Å². The smallest absolute Gasteiger partial charge is 0.326 e. The fourth-order valence-corrected chi connectivity index (χ4v) is 6.62. The minimum absolute atomic E-state index is 0.0128. The summed E-state index contributed by atoms with van der Waals surface area (Å²) in [7, 11) is 1.83. The molecule has 58 heavy (non-hydrogen) atoms. The Balaban J connectivity index is 1.51. The first-order valence-electron chi connectivity index (χ1n) is 18.1. The van der Waals surface area contributed by atoms with Gasteiger partial charge < -0.3 is 42.9 Å². The molecular formula is C42H48N2O13S. The van der Waals surface area contributed by atoms with Crippen molar-refractivity contribution in [2.75, 3.05) is 54.8 Å². The van der Waals surface area contributed by atoms with E-state index in [-0.39, 0.29) is 64.7 Å². The first-order valence-corrected chi connectivity index (χ1v) is 19.5. The largest absolute Gasteiger partial charge is 0.501 e. The molecule has 0 spiro atoms. The second-order valence-electron chi connectivity index (χ2n) is 12.4. The number of carbonyl (C=O) groups excluding carboxylic acids is 2. The van der Waals surface area contributed by atoms with Crippen LogP contribution in [0.4, 0.5) is 0 Å². The molecule has 16 heteroatoms. The predicted octanol–water partition coefficient (Wildman–Crippen LogP) is 3.84. The molecule has 15 nitrogen and oxygen atoms in total. The Kier molecular flexibility index (Phi) is 15.9. The lowest BCUT2D eigenvalue weighted by atomic mass is 10.1. The van der Waals surface area contributed by atoms with E-state index in [0.29, 0.717) is 28.6 Å². The van der Waals surface area contributed by atoms with Crippen LogP contribution in [0.1, 0.15) is 36.7 Å². The van der Waals surface area contributed by atoms with Crippen LogP contribution in [0.3, 0.4) is 0 Å². The van der Waals surface area contributed by atoms with Crippen molar-refractivity contribution >= 4 is 33.7 Å². The molecule has 1 heterocycles. The maximum absolute atomic E-state index is 14.2. The zero-order valence-electron chi connectivity index (χ0n) is 33.6. The number of amides is 1. The van der Waals surface area contributed by atoms with Crippen LogP contribution >= 0.6 is 0 Å². The van der Waals surface area contributed by atoms with E-state index >= 15 is 0 Å². The molecule has 0 aliphatic heterocycles. The van der Waals surface area contributed by atoms with Gasteiger partial charge in [0, 0.05) is 23.7 Å². The van der Waals surface area contributed by atoms with E-state index in [0.717, 1.165) is 5.56 Å². The summed E-state index contributed by atoms with van der Waals surface area (Å²) < 4.78 is 73.3. The lowest BCUT2D eigenvalue weighted by molar-refractivity contribution is -0.144. The Morgan fingerprint density at radius 2 is 1.55 bits per heavy atom. The fourth-order valence-electron chi connectivity index (χ4n) is 5.44. The number of aryl methyl sites for hydroxylation is 1. The number of benzene rings is 3. The molecule has 0 saturated heterocycles. The molecule has 0 saturated carbocycles. The summed E-state index contributed by atoms with van der Waals surface area (Å²) in [6.07, 6.45) is 3.21. The Labute approximate surface area is 336 Å². The lowest BCUT2D eigenvalue weighted by Gasteiger charge is -2.18. The van der Waals surface area contributed by atoms with Crippen LogP contribution in [0.5, 0.6) is 23.0 Å². The Hall–Kier alpha value is -6.26. The Morgan fingerprint density at radius 1 is 0.879 bits per heavy atom. The second kappa shape index (κ2) is 20.8. The summed E-state index contributed by atoms with van der Waals surface area (Å²) in [6, 6.07) is 15.9. The number of rotatable bonds is 19. The molecule has 1 atom stereocenters. The van der Waals surface area contributed by atoms with Gasteiger partial charge in [-0.25, -0.2) is 8.42 Å². The Morgan fingerprint density at radius 3 is 2.16 bits per heavy atom. The van der Waals surface area contributed by atoms with Crippen molar-refractivity contribution in [1.82, 2.24) is 10.0 Å². The van der Waals surface area contributed by atoms with Crippen LogP contribution in [0.25, 0.3) is 23.2 Å². The number of nitrogens with one attached hydrogen (secondary N) is 2. The molecule has 1 aromatic heterocycles. The number of methoxy groups -OCH3 is 4. The maximum Gasteiger partial charge on any atom is 0.326 e. The van der Waals surface area contributed by atoms with Crippen LogP contribution in [-0.4, -0.2) is 81.1 Å². The maximum atomic E-state index is 14.2. The van der Waals surface area contributed by atoms with Crippen LogP contribution < -0.4 is 45.0 Å². The highest BCUT2D eigenvalue weighted by molar-refractivity contribution is 7.89. The van der Waals surface area contributed by atoms with Gasteiger partial charge in [0.25, 0.3) is 5.91 Å². The number of esters is 1. The van der Waals surface area contributed by atoms with Gasteiger partial charge in [0.2, 0.25) is 21.2 Å². The zero-order valence-corrected chi connectivity index (χ0v) is 34.4. The number of ether oxygens (including phenoxy) is 7. The molecule has 1 unspecified atom stereocenters. The minimum Gasteiger partial charge on any atom is -0.501 e. The highest BCUT2D eigenvalue weighted by atomic mass is 32.2. The quantitative estimate of drug-likeness (QED) is 0.0791. The number of hydrogen-bond donors (Lipinski definition) is 2. The fraction of sp³-hybridized carbons (Fsp3) is 0.310. The third kappa shape index (κ3) is 11.2. The third-order valence-electron chi connectivity index (χ3n) is 8.51. The molecule has 4 rings (SSSR count). The first kappa shape index (κ1) is 44.5. The zero-order chi connectivity index (χ0) is 42.4. The monoisotopic (exact) mass is 820 g/mol. The molecule has 0 aliphatic carbocycles. The molecule has 1 amide bonds. The van der Waals surface area contributed by atoms with Crippen molar-refractivity contribution in [1.29, 1.82) is 0 Å². The van der Waals surface area contributed by atoms with Crippen LogP contribution in [0.15, 0.2) is 92.7 Å². The predicted molar refractivity (Wildman–Crippen MR) is 216 cm³/mol. The van der Waals surface area contributed by atoms with Crippen molar-refractivity contribution in [3.63, 3.8) is 0 Å². The number of hydrogen-bond acceptors (Lipinski definition) is 13. The van der Waals surface area contributed by atoms with E-state index in [1.165, 1.54) is 52.7 Å². The summed E-state index contributed by atoms with van der Waals surface area (Å²) in [4.78, 5) is 39.8. The van der Waals surface area contributed by atoms with E-state index in [2.05, 4.69) is 10.0 Å². The SMILES string of the molecule is C/C=c1/oc(-c2ccc(OC)c(OC)c2)c(OCCOc2ccc(C(=O)NCC(NS(=O)(=O)c3ccc(C)cc3)C(=O)OCC)cc2)c(=O)/c1=C(/C=C(\C)OC)OC. The van der Waals surface area contributed by atoms with Crippen molar-refractivity contribution in [3.8, 4) is 34.3 Å². The lowest BCUT2D eigenvalue weighted by Crippen LogP contribution is -2.49. The van der Waals surface area contributed by atoms with Gasteiger partial charge in [0.1, 0.15) is 41.4 Å². The average molecular weight is 821 g/mol. The van der Waals surface area contributed by atoms with Crippen molar-refractivity contribution in [2.45, 2.75) is 38.6 Å². The number of carbonyl (C=O) groups is 2. The second-order valence-corrected chi connectivity index (χ2v) is 14.1. The Bertz CT molecular complexity index is 2390.